The molecule has 1 unspecified atom stereocenters. The summed E-state index contributed by atoms with van der Waals surface area (Å²) >= 11 is 3.63. The molecule has 0 heterocycles. The highest BCUT2D eigenvalue weighted by atomic mass is 79.9. The minimum absolute atomic E-state index is 0.134. The first-order valence-electron chi connectivity index (χ1n) is 7.88. The van der Waals surface area contributed by atoms with Crippen molar-refractivity contribution in [2.45, 2.75) is 64.0 Å². The van der Waals surface area contributed by atoms with Gasteiger partial charge in [-0.2, -0.15) is 0 Å². The van der Waals surface area contributed by atoms with Crippen LogP contribution in [0.2, 0.25) is 0 Å². The molecule has 3 nitrogen and oxygen atoms in total. The van der Waals surface area contributed by atoms with E-state index in [2.05, 4.69) is 22.0 Å². The molecule has 0 saturated heterocycles. The van der Waals surface area contributed by atoms with Crippen LogP contribution in [0.3, 0.4) is 0 Å². The van der Waals surface area contributed by atoms with Gasteiger partial charge in [0.2, 0.25) is 0 Å². The molecule has 1 aromatic rings. The fourth-order valence-corrected chi connectivity index (χ4v) is 3.49. The lowest BCUT2D eigenvalue weighted by atomic mass is 10.1. The quantitative estimate of drug-likeness (QED) is 0.793. The Hall–Kier alpha value is -0.740. The van der Waals surface area contributed by atoms with Crippen molar-refractivity contribution >= 4 is 15.9 Å². The van der Waals surface area contributed by atoms with Crippen molar-refractivity contribution < 1.29 is 9.47 Å². The predicted molar refractivity (Wildman–Crippen MR) is 90.2 cm³/mol. The summed E-state index contributed by atoms with van der Waals surface area (Å²) < 4.78 is 12.7. The third-order valence-corrected chi connectivity index (χ3v) is 4.52. The molecule has 0 radical (unpaired) electrons. The van der Waals surface area contributed by atoms with Gasteiger partial charge in [-0.3, -0.25) is 0 Å². The summed E-state index contributed by atoms with van der Waals surface area (Å²) in [6.45, 7) is 2.01. The zero-order valence-corrected chi connectivity index (χ0v) is 14.6. The standard InChI is InChI=1S/C17H26BrNO2/c1-12(19)9-13-10-15(18)17(16(11-13)20-2)21-14-7-5-3-4-6-8-14/h10-12,14H,3-9,19H2,1-2H3. The Morgan fingerprint density at radius 3 is 2.48 bits per heavy atom. The van der Waals surface area contributed by atoms with Crippen LogP contribution in [-0.2, 0) is 6.42 Å². The van der Waals surface area contributed by atoms with Gasteiger partial charge >= 0.3 is 0 Å². The zero-order chi connectivity index (χ0) is 15.2. The molecule has 0 amide bonds. The van der Waals surface area contributed by atoms with Crippen molar-refractivity contribution in [1.82, 2.24) is 0 Å². The average molecular weight is 356 g/mol. The summed E-state index contributed by atoms with van der Waals surface area (Å²) in [4.78, 5) is 0. The first-order chi connectivity index (χ1) is 10.1. The van der Waals surface area contributed by atoms with E-state index in [1.165, 1.54) is 31.2 Å². The molecule has 2 N–H and O–H groups in total. The molecular formula is C17H26BrNO2. The molecule has 0 bridgehead atoms. The van der Waals surface area contributed by atoms with Crippen LogP contribution in [0, 0.1) is 0 Å². The minimum Gasteiger partial charge on any atom is -0.493 e. The van der Waals surface area contributed by atoms with Crippen molar-refractivity contribution in [2.75, 3.05) is 7.11 Å². The minimum atomic E-state index is 0.134. The number of ether oxygens (including phenoxy) is 2. The van der Waals surface area contributed by atoms with E-state index < -0.39 is 0 Å². The molecule has 1 fully saturated rings. The van der Waals surface area contributed by atoms with Gasteiger partial charge in [-0.25, -0.2) is 0 Å². The van der Waals surface area contributed by atoms with Gasteiger partial charge in [-0.15, -0.1) is 0 Å². The number of nitrogens with two attached hydrogens (primary N) is 1. The van der Waals surface area contributed by atoms with Gasteiger partial charge in [0, 0.05) is 6.04 Å². The first kappa shape index (κ1) is 16.6. The van der Waals surface area contributed by atoms with Gasteiger partial charge in [-0.1, -0.05) is 12.8 Å². The molecule has 4 heteroatoms. The Labute approximate surface area is 136 Å². The molecule has 0 spiro atoms. The van der Waals surface area contributed by atoms with Crippen molar-refractivity contribution in [3.63, 3.8) is 0 Å². The lowest BCUT2D eigenvalue weighted by Crippen LogP contribution is -2.18. The van der Waals surface area contributed by atoms with E-state index >= 15 is 0 Å². The lowest BCUT2D eigenvalue weighted by molar-refractivity contribution is 0.175. The maximum Gasteiger partial charge on any atom is 0.175 e. The summed E-state index contributed by atoms with van der Waals surface area (Å²) in [5, 5.41) is 0. The molecule has 1 saturated carbocycles. The summed E-state index contributed by atoms with van der Waals surface area (Å²) in [5.41, 5.74) is 7.05. The van der Waals surface area contributed by atoms with Gasteiger partial charge in [0.25, 0.3) is 0 Å². The molecule has 1 aromatic carbocycles. The number of benzene rings is 1. The summed E-state index contributed by atoms with van der Waals surface area (Å²) in [5.74, 6) is 1.63. The van der Waals surface area contributed by atoms with E-state index in [0.717, 1.165) is 35.2 Å². The fourth-order valence-electron chi connectivity index (χ4n) is 2.90. The van der Waals surface area contributed by atoms with Crippen LogP contribution >= 0.6 is 15.9 Å². The van der Waals surface area contributed by atoms with Crippen LogP contribution in [0.15, 0.2) is 16.6 Å². The van der Waals surface area contributed by atoms with Crippen molar-refractivity contribution in [1.29, 1.82) is 0 Å². The monoisotopic (exact) mass is 355 g/mol. The average Bonchev–Trinajstić information content (AvgIpc) is 2.69. The molecule has 21 heavy (non-hydrogen) atoms. The molecule has 118 valence electrons. The number of hydrogen-bond donors (Lipinski definition) is 1. The molecule has 1 aliphatic carbocycles. The van der Waals surface area contributed by atoms with E-state index in [4.69, 9.17) is 15.2 Å². The predicted octanol–water partition coefficient (Wildman–Crippen LogP) is 4.45. The SMILES string of the molecule is COc1cc(CC(C)N)cc(Br)c1OC1CCCCCC1. The van der Waals surface area contributed by atoms with Crippen molar-refractivity contribution in [3.8, 4) is 11.5 Å². The highest BCUT2D eigenvalue weighted by molar-refractivity contribution is 9.10. The maximum atomic E-state index is 6.24. The lowest BCUT2D eigenvalue weighted by Gasteiger charge is -2.21. The third-order valence-electron chi connectivity index (χ3n) is 3.93. The third kappa shape index (κ3) is 4.89. The van der Waals surface area contributed by atoms with E-state index in [9.17, 15) is 0 Å². The molecule has 1 atom stereocenters. The number of hydrogen-bond acceptors (Lipinski definition) is 3. The largest absolute Gasteiger partial charge is 0.493 e. The molecule has 2 rings (SSSR count). The topological polar surface area (TPSA) is 44.5 Å². The Balaban J connectivity index is 2.17. The summed E-state index contributed by atoms with van der Waals surface area (Å²) in [7, 11) is 1.69. The van der Waals surface area contributed by atoms with Gasteiger partial charge < -0.3 is 15.2 Å². The number of halogens is 1. The van der Waals surface area contributed by atoms with E-state index in [1.807, 2.05) is 13.0 Å². The van der Waals surface area contributed by atoms with Crippen LogP contribution in [0.1, 0.15) is 51.0 Å². The molecule has 0 aliphatic heterocycles. The van der Waals surface area contributed by atoms with Crippen LogP contribution < -0.4 is 15.2 Å². The Bertz CT molecular complexity index is 454. The van der Waals surface area contributed by atoms with Gasteiger partial charge in [0.1, 0.15) is 0 Å². The molecule has 0 aromatic heterocycles. The molecular weight excluding hydrogens is 330 g/mol. The normalized spacial score (nSPS) is 18.1. The van der Waals surface area contributed by atoms with Crippen LogP contribution in [0.4, 0.5) is 0 Å². The Kier molecular flexibility index (Phi) is 6.37. The molecule has 1 aliphatic rings. The second kappa shape index (κ2) is 8.04. The number of rotatable bonds is 5. The van der Waals surface area contributed by atoms with Gasteiger partial charge in [-0.05, 0) is 72.7 Å². The number of methoxy groups -OCH3 is 1. The van der Waals surface area contributed by atoms with E-state index in [0.29, 0.717) is 6.10 Å². The van der Waals surface area contributed by atoms with E-state index in [1.54, 1.807) is 7.11 Å². The Morgan fingerprint density at radius 1 is 1.24 bits per heavy atom. The van der Waals surface area contributed by atoms with Crippen molar-refractivity contribution in [2.24, 2.45) is 5.73 Å². The smallest absolute Gasteiger partial charge is 0.175 e. The van der Waals surface area contributed by atoms with E-state index in [-0.39, 0.29) is 6.04 Å². The zero-order valence-electron chi connectivity index (χ0n) is 13.0. The summed E-state index contributed by atoms with van der Waals surface area (Å²) in [6, 6.07) is 4.27. The fraction of sp³-hybridized carbons (Fsp3) is 0.647. The van der Waals surface area contributed by atoms with Crippen LogP contribution in [0.5, 0.6) is 11.5 Å². The van der Waals surface area contributed by atoms with Gasteiger partial charge in [0.15, 0.2) is 11.5 Å². The van der Waals surface area contributed by atoms with Crippen LogP contribution in [-0.4, -0.2) is 19.3 Å². The second-order valence-corrected chi connectivity index (χ2v) is 6.88. The maximum absolute atomic E-state index is 6.24. The highest BCUT2D eigenvalue weighted by Gasteiger charge is 2.19. The van der Waals surface area contributed by atoms with Crippen molar-refractivity contribution in [3.05, 3.63) is 22.2 Å². The second-order valence-electron chi connectivity index (χ2n) is 6.02. The highest BCUT2D eigenvalue weighted by Crippen LogP contribution is 2.38. The first-order valence-corrected chi connectivity index (χ1v) is 8.68. The van der Waals surface area contributed by atoms with Crippen LogP contribution in [0.25, 0.3) is 0 Å². The van der Waals surface area contributed by atoms with Gasteiger partial charge in [0.05, 0.1) is 17.7 Å². The summed E-state index contributed by atoms with van der Waals surface area (Å²) in [6.07, 6.45) is 8.57. The Morgan fingerprint density at radius 2 is 1.90 bits per heavy atom.